The van der Waals surface area contributed by atoms with E-state index in [0.29, 0.717) is 10.0 Å². The van der Waals surface area contributed by atoms with Crippen LogP contribution in [0.5, 0.6) is 5.06 Å². The SMILES string of the molecule is COc1cc2c(Cl)ccc(Cl)c2s1. The van der Waals surface area contributed by atoms with E-state index >= 15 is 0 Å². The van der Waals surface area contributed by atoms with Crippen molar-refractivity contribution in [2.24, 2.45) is 0 Å². The minimum Gasteiger partial charge on any atom is -0.487 e. The number of fused-ring (bicyclic) bond motifs is 1. The zero-order valence-electron chi connectivity index (χ0n) is 6.80. The fourth-order valence-electron chi connectivity index (χ4n) is 1.14. The summed E-state index contributed by atoms with van der Waals surface area (Å²) in [7, 11) is 1.63. The molecule has 68 valence electrons. The van der Waals surface area contributed by atoms with Crippen LogP contribution >= 0.6 is 34.5 Å². The number of rotatable bonds is 1. The van der Waals surface area contributed by atoms with Gasteiger partial charge in [0.1, 0.15) is 0 Å². The summed E-state index contributed by atoms with van der Waals surface area (Å²) in [6.45, 7) is 0. The lowest BCUT2D eigenvalue weighted by atomic mass is 10.3. The Kier molecular flexibility index (Phi) is 2.37. The Labute approximate surface area is 89.8 Å². The van der Waals surface area contributed by atoms with Gasteiger partial charge in [0.2, 0.25) is 0 Å². The lowest BCUT2D eigenvalue weighted by Crippen LogP contribution is -1.73. The van der Waals surface area contributed by atoms with Gasteiger partial charge in [-0.05, 0) is 12.1 Å². The van der Waals surface area contributed by atoms with Gasteiger partial charge in [0.25, 0.3) is 0 Å². The molecule has 0 saturated heterocycles. The van der Waals surface area contributed by atoms with Crippen LogP contribution in [0.15, 0.2) is 18.2 Å². The predicted molar refractivity (Wildman–Crippen MR) is 58.4 cm³/mol. The molecule has 0 spiro atoms. The average Bonchev–Trinajstić information content (AvgIpc) is 2.56. The zero-order valence-corrected chi connectivity index (χ0v) is 9.13. The van der Waals surface area contributed by atoms with Gasteiger partial charge in [-0.3, -0.25) is 0 Å². The van der Waals surface area contributed by atoms with Gasteiger partial charge >= 0.3 is 0 Å². The van der Waals surface area contributed by atoms with Crippen LogP contribution in [0.1, 0.15) is 0 Å². The third-order valence-electron chi connectivity index (χ3n) is 1.76. The summed E-state index contributed by atoms with van der Waals surface area (Å²) in [5.74, 6) is 0. The van der Waals surface area contributed by atoms with E-state index in [0.717, 1.165) is 15.1 Å². The molecule has 13 heavy (non-hydrogen) atoms. The Hall–Kier alpha value is -0.440. The largest absolute Gasteiger partial charge is 0.487 e. The fourth-order valence-corrected chi connectivity index (χ4v) is 2.59. The molecule has 1 aromatic heterocycles. The molecule has 1 nitrogen and oxygen atoms in total. The van der Waals surface area contributed by atoms with Gasteiger partial charge in [0.05, 0.1) is 16.8 Å². The molecule has 1 aromatic carbocycles. The molecule has 0 unspecified atom stereocenters. The standard InChI is InChI=1S/C9H6Cl2OS/c1-12-8-4-5-6(10)2-3-7(11)9(5)13-8/h2-4H,1H3. The maximum absolute atomic E-state index is 6.00. The van der Waals surface area contributed by atoms with Gasteiger partial charge in [0, 0.05) is 16.5 Å². The maximum Gasteiger partial charge on any atom is 0.174 e. The molecule has 4 heteroatoms. The van der Waals surface area contributed by atoms with Gasteiger partial charge in [-0.1, -0.05) is 34.5 Å². The van der Waals surface area contributed by atoms with Crippen molar-refractivity contribution in [1.82, 2.24) is 0 Å². The Bertz CT molecular complexity index is 411. The number of methoxy groups -OCH3 is 1. The van der Waals surface area contributed by atoms with E-state index in [1.165, 1.54) is 11.3 Å². The first-order valence-corrected chi connectivity index (χ1v) is 5.21. The molecule has 0 aliphatic heterocycles. The fraction of sp³-hybridized carbons (Fsp3) is 0.111. The van der Waals surface area contributed by atoms with Crippen LogP contribution in [0.25, 0.3) is 10.1 Å². The van der Waals surface area contributed by atoms with Crippen molar-refractivity contribution in [2.45, 2.75) is 0 Å². The molecule has 2 aromatic rings. The number of hydrogen-bond donors (Lipinski definition) is 0. The van der Waals surface area contributed by atoms with Crippen LogP contribution in [-0.2, 0) is 0 Å². The van der Waals surface area contributed by atoms with Crippen molar-refractivity contribution in [3.63, 3.8) is 0 Å². The highest BCUT2D eigenvalue weighted by atomic mass is 35.5. The summed E-state index contributed by atoms with van der Waals surface area (Å²) in [5.41, 5.74) is 0. The smallest absolute Gasteiger partial charge is 0.174 e. The molecule has 1 heterocycles. The zero-order chi connectivity index (χ0) is 9.42. The molecule has 0 aliphatic carbocycles. The van der Waals surface area contributed by atoms with Crippen LogP contribution in [0.2, 0.25) is 10.0 Å². The first kappa shape index (κ1) is 9.13. The lowest BCUT2D eigenvalue weighted by Gasteiger charge is -1.93. The van der Waals surface area contributed by atoms with E-state index in [2.05, 4.69) is 0 Å². The topological polar surface area (TPSA) is 9.23 Å². The van der Waals surface area contributed by atoms with Crippen molar-refractivity contribution in [2.75, 3.05) is 7.11 Å². The van der Waals surface area contributed by atoms with Gasteiger partial charge in [-0.25, -0.2) is 0 Å². The third kappa shape index (κ3) is 1.50. The molecule has 0 radical (unpaired) electrons. The number of halogens is 2. The van der Waals surface area contributed by atoms with Crippen molar-refractivity contribution < 1.29 is 4.74 Å². The molecule has 0 saturated carbocycles. The highest BCUT2D eigenvalue weighted by Crippen LogP contribution is 2.39. The summed E-state index contributed by atoms with van der Waals surface area (Å²) in [6, 6.07) is 5.48. The van der Waals surface area contributed by atoms with Crippen molar-refractivity contribution >= 4 is 44.6 Å². The Morgan fingerprint density at radius 2 is 1.92 bits per heavy atom. The number of hydrogen-bond acceptors (Lipinski definition) is 2. The molecule has 0 amide bonds. The predicted octanol–water partition coefficient (Wildman–Crippen LogP) is 4.22. The lowest BCUT2D eigenvalue weighted by molar-refractivity contribution is 0.427. The Balaban J connectivity index is 2.80. The molecular weight excluding hydrogens is 227 g/mol. The molecule has 0 atom stereocenters. The van der Waals surface area contributed by atoms with Crippen molar-refractivity contribution in [3.05, 3.63) is 28.2 Å². The normalized spacial score (nSPS) is 10.7. The van der Waals surface area contributed by atoms with Crippen LogP contribution in [0, 0.1) is 0 Å². The first-order valence-electron chi connectivity index (χ1n) is 3.64. The number of thiophene rings is 1. The van der Waals surface area contributed by atoms with Crippen molar-refractivity contribution in [3.8, 4) is 5.06 Å². The Morgan fingerprint density at radius 1 is 1.23 bits per heavy atom. The van der Waals surface area contributed by atoms with Crippen LogP contribution < -0.4 is 4.74 Å². The second-order valence-corrected chi connectivity index (χ2v) is 4.37. The molecule has 0 bridgehead atoms. The summed E-state index contributed by atoms with van der Waals surface area (Å²) in [4.78, 5) is 0. The molecule has 2 rings (SSSR count). The highest BCUT2D eigenvalue weighted by molar-refractivity contribution is 7.21. The first-order chi connectivity index (χ1) is 6.22. The van der Waals surface area contributed by atoms with Crippen LogP contribution in [0.4, 0.5) is 0 Å². The molecule has 0 aliphatic rings. The average molecular weight is 233 g/mol. The van der Waals surface area contributed by atoms with Gasteiger partial charge < -0.3 is 4.74 Å². The quantitative estimate of drug-likeness (QED) is 0.716. The highest BCUT2D eigenvalue weighted by Gasteiger charge is 2.08. The minimum atomic E-state index is 0.707. The Morgan fingerprint density at radius 3 is 2.54 bits per heavy atom. The van der Waals surface area contributed by atoms with E-state index in [9.17, 15) is 0 Å². The molecule has 0 fully saturated rings. The van der Waals surface area contributed by atoms with Gasteiger partial charge in [-0.15, -0.1) is 0 Å². The maximum atomic E-state index is 6.00. The van der Waals surface area contributed by atoms with E-state index in [1.54, 1.807) is 19.2 Å². The monoisotopic (exact) mass is 232 g/mol. The summed E-state index contributed by atoms with van der Waals surface area (Å²) >= 11 is 13.5. The third-order valence-corrected chi connectivity index (χ3v) is 3.65. The van der Waals surface area contributed by atoms with Crippen molar-refractivity contribution in [1.29, 1.82) is 0 Å². The summed E-state index contributed by atoms with van der Waals surface area (Å²) < 4.78 is 6.09. The van der Waals surface area contributed by atoms with Crippen LogP contribution in [0.3, 0.4) is 0 Å². The second kappa shape index (κ2) is 3.37. The van der Waals surface area contributed by atoms with E-state index in [-0.39, 0.29) is 0 Å². The summed E-state index contributed by atoms with van der Waals surface area (Å²) in [5, 5.41) is 3.20. The number of ether oxygens (including phenoxy) is 1. The molecular formula is C9H6Cl2OS. The second-order valence-electron chi connectivity index (χ2n) is 2.54. The van der Waals surface area contributed by atoms with E-state index < -0.39 is 0 Å². The molecule has 0 N–H and O–H groups in total. The van der Waals surface area contributed by atoms with Gasteiger partial charge in [-0.2, -0.15) is 0 Å². The van der Waals surface area contributed by atoms with Crippen LogP contribution in [-0.4, -0.2) is 7.11 Å². The van der Waals surface area contributed by atoms with E-state index in [1.807, 2.05) is 6.07 Å². The minimum absolute atomic E-state index is 0.707. The van der Waals surface area contributed by atoms with E-state index in [4.69, 9.17) is 27.9 Å². The van der Waals surface area contributed by atoms with Gasteiger partial charge in [0.15, 0.2) is 5.06 Å². The number of benzene rings is 1. The summed E-state index contributed by atoms with van der Waals surface area (Å²) in [6.07, 6.45) is 0.